The van der Waals surface area contributed by atoms with Crippen molar-refractivity contribution in [2.45, 2.75) is 170 Å². The molecule has 0 amide bonds. The Hall–Kier alpha value is -0.610. The van der Waals surface area contributed by atoms with E-state index in [2.05, 4.69) is 69.5 Å². The van der Waals surface area contributed by atoms with Crippen LogP contribution < -0.4 is 0 Å². The van der Waals surface area contributed by atoms with Crippen molar-refractivity contribution in [2.24, 2.45) is 56.2 Å². The predicted octanol–water partition coefficient (Wildman–Crippen LogP) is 10.2. The summed E-state index contributed by atoms with van der Waals surface area (Å²) in [6, 6.07) is 0. The van der Waals surface area contributed by atoms with Crippen molar-refractivity contribution >= 4 is 5.97 Å². The molecule has 6 fully saturated rings. The second-order valence-electron chi connectivity index (χ2n) is 20.7. The van der Waals surface area contributed by atoms with E-state index in [0.29, 0.717) is 45.6 Å². The Morgan fingerprint density at radius 3 is 2.20 bits per heavy atom. The molecule has 0 aromatic carbocycles. The summed E-state index contributed by atoms with van der Waals surface area (Å²) in [4.78, 5) is 13.5. The fourth-order valence-electron chi connectivity index (χ4n) is 14.1. The van der Waals surface area contributed by atoms with Gasteiger partial charge in [-0.15, -0.1) is 0 Å². The van der Waals surface area contributed by atoms with Gasteiger partial charge < -0.3 is 14.0 Å². The normalized spacial score (nSPS) is 45.6. The van der Waals surface area contributed by atoms with Gasteiger partial charge in [-0.2, -0.15) is 0 Å². The Bertz CT molecular complexity index is 1130. The molecular formula is C42H74NO3+. The summed E-state index contributed by atoms with van der Waals surface area (Å²) < 4.78 is 14.0. The third-order valence-electron chi connectivity index (χ3n) is 17.0. The molecule has 46 heavy (non-hydrogen) atoms. The zero-order chi connectivity index (χ0) is 33.4. The molecule has 4 heteroatoms. The lowest BCUT2D eigenvalue weighted by atomic mass is 9.31. The van der Waals surface area contributed by atoms with Gasteiger partial charge in [-0.1, -0.05) is 81.1 Å². The largest absolute Gasteiger partial charge is 0.458 e. The number of likely N-dealkylation sites (N-methyl/N-ethyl adjacent to an activating group) is 1. The van der Waals surface area contributed by atoms with Crippen LogP contribution in [0.15, 0.2) is 0 Å². The van der Waals surface area contributed by atoms with E-state index in [1.807, 2.05) is 0 Å². The number of hydrogen-bond donors (Lipinski definition) is 0. The summed E-state index contributed by atoms with van der Waals surface area (Å²) in [7, 11) is 4.43. The molecule has 1 aliphatic heterocycles. The third kappa shape index (κ3) is 5.47. The standard InChI is InChI=1S/C42H74NO3/c1-11-12-13-14-15-16-27-43(9,10)28-34(44)46-33-20-21-39(6)31(38(33,4)5)19-22-41(8)32(39)18-17-30-35-36-37(2,3)23-25-42(35,29-45-36)26-24-40(30,41)7/h30-33,35-36H,11-29H2,1-10H3/q+1/t30-,31+,32-,33+,35+,36-,39+,40-,41-,42-/m1/s1. The van der Waals surface area contributed by atoms with Crippen LogP contribution in [0.4, 0.5) is 0 Å². The smallest absolute Gasteiger partial charge is 0.362 e. The maximum atomic E-state index is 13.5. The highest BCUT2D eigenvalue weighted by atomic mass is 16.5. The average Bonchev–Trinajstić information content (AvgIpc) is 3.30. The maximum absolute atomic E-state index is 13.5. The Balaban J connectivity index is 1.13. The fraction of sp³-hybridized carbons (Fsp3) is 0.976. The van der Waals surface area contributed by atoms with Gasteiger partial charge in [0.1, 0.15) is 6.10 Å². The summed E-state index contributed by atoms with van der Waals surface area (Å²) in [5.41, 5.74) is 1.87. The minimum Gasteiger partial charge on any atom is -0.458 e. The molecule has 6 aliphatic rings. The van der Waals surface area contributed by atoms with Gasteiger partial charge in [0, 0.05) is 5.41 Å². The van der Waals surface area contributed by atoms with Crippen molar-refractivity contribution in [2.75, 3.05) is 33.8 Å². The van der Waals surface area contributed by atoms with E-state index in [1.165, 1.54) is 96.3 Å². The van der Waals surface area contributed by atoms with Crippen LogP contribution in [-0.2, 0) is 14.3 Å². The Morgan fingerprint density at radius 2 is 1.46 bits per heavy atom. The Kier molecular flexibility index (Phi) is 9.20. The molecule has 2 bridgehead atoms. The van der Waals surface area contributed by atoms with Crippen LogP contribution >= 0.6 is 0 Å². The van der Waals surface area contributed by atoms with Crippen molar-refractivity contribution in [3.05, 3.63) is 0 Å². The van der Waals surface area contributed by atoms with Gasteiger partial charge in [0.15, 0.2) is 6.54 Å². The number of esters is 1. The van der Waals surface area contributed by atoms with Crippen LogP contribution in [0.1, 0.15) is 158 Å². The Labute approximate surface area is 284 Å². The summed E-state index contributed by atoms with van der Waals surface area (Å²) in [6.07, 6.45) is 21.4. The lowest BCUT2D eigenvalue weighted by Crippen LogP contribution is -2.68. The summed E-state index contributed by atoms with van der Waals surface area (Å²) >= 11 is 0. The molecule has 264 valence electrons. The number of rotatable bonds is 10. The first-order valence-corrected chi connectivity index (χ1v) is 20.1. The first kappa shape index (κ1) is 35.2. The van der Waals surface area contributed by atoms with E-state index in [-0.39, 0.29) is 17.5 Å². The molecule has 0 unspecified atom stereocenters. The van der Waals surface area contributed by atoms with Gasteiger partial charge in [-0.3, -0.25) is 0 Å². The van der Waals surface area contributed by atoms with Crippen molar-refractivity contribution in [1.29, 1.82) is 0 Å². The van der Waals surface area contributed by atoms with Crippen LogP contribution in [0, 0.1) is 56.2 Å². The lowest BCUT2D eigenvalue weighted by Gasteiger charge is -2.73. The van der Waals surface area contributed by atoms with E-state index in [1.54, 1.807) is 0 Å². The number of carbonyl (C=O) groups excluding carboxylic acids is 1. The number of quaternary nitrogens is 1. The molecule has 0 spiro atoms. The quantitative estimate of drug-likeness (QED) is 0.135. The molecule has 10 atom stereocenters. The molecule has 0 aromatic heterocycles. The van der Waals surface area contributed by atoms with Gasteiger partial charge in [0.25, 0.3) is 0 Å². The van der Waals surface area contributed by atoms with Crippen molar-refractivity contribution < 1.29 is 18.8 Å². The summed E-state index contributed by atoms with van der Waals surface area (Å²) in [5.74, 6) is 2.95. The second kappa shape index (κ2) is 12.0. The molecular weight excluding hydrogens is 566 g/mol. The topological polar surface area (TPSA) is 35.5 Å². The highest BCUT2D eigenvalue weighted by Gasteiger charge is 2.73. The van der Waals surface area contributed by atoms with Gasteiger partial charge in [0.05, 0.1) is 33.4 Å². The molecule has 5 saturated carbocycles. The number of nitrogens with zero attached hydrogens (tertiary/aromatic N) is 1. The van der Waals surface area contributed by atoms with Crippen LogP contribution in [0.3, 0.4) is 0 Å². The van der Waals surface area contributed by atoms with Crippen LogP contribution in [0.2, 0.25) is 0 Å². The lowest BCUT2D eigenvalue weighted by molar-refractivity contribution is -0.883. The van der Waals surface area contributed by atoms with E-state index in [0.717, 1.165) is 41.8 Å². The van der Waals surface area contributed by atoms with Crippen LogP contribution in [-0.4, -0.2) is 56.5 Å². The molecule has 4 nitrogen and oxygen atoms in total. The molecule has 1 heterocycles. The molecule has 0 N–H and O–H groups in total. The summed E-state index contributed by atoms with van der Waals surface area (Å²) in [6.45, 7) is 23.0. The van der Waals surface area contributed by atoms with Crippen LogP contribution in [0.25, 0.3) is 0 Å². The van der Waals surface area contributed by atoms with E-state index >= 15 is 0 Å². The maximum Gasteiger partial charge on any atom is 0.362 e. The number of unbranched alkanes of at least 4 members (excludes halogenated alkanes) is 5. The fourth-order valence-corrected chi connectivity index (χ4v) is 14.1. The van der Waals surface area contributed by atoms with Gasteiger partial charge in [-0.25, -0.2) is 4.79 Å². The molecule has 6 rings (SSSR count). The first-order chi connectivity index (χ1) is 21.5. The van der Waals surface area contributed by atoms with Gasteiger partial charge in [-0.05, 0) is 128 Å². The Morgan fingerprint density at radius 1 is 0.761 bits per heavy atom. The van der Waals surface area contributed by atoms with Gasteiger partial charge >= 0.3 is 5.97 Å². The number of ether oxygens (including phenoxy) is 2. The number of fused-ring (bicyclic) bond motifs is 5. The SMILES string of the molecule is CCCCCCCC[N+](C)(C)CC(=O)O[C@H]1CC[C@]2(C)[C@H]3CC[C@@H]4[C@H]5[C@H]6OC[C@@]5(CCC6(C)C)CC[C@@]4(C)[C@]3(C)CC[C@H]2C1(C)C. The van der Waals surface area contributed by atoms with E-state index < -0.39 is 0 Å². The van der Waals surface area contributed by atoms with Crippen molar-refractivity contribution in [3.63, 3.8) is 0 Å². The highest BCUT2D eigenvalue weighted by molar-refractivity contribution is 5.70. The van der Waals surface area contributed by atoms with Crippen molar-refractivity contribution in [1.82, 2.24) is 0 Å². The predicted molar refractivity (Wildman–Crippen MR) is 189 cm³/mol. The monoisotopic (exact) mass is 641 g/mol. The molecule has 0 radical (unpaired) electrons. The first-order valence-electron chi connectivity index (χ1n) is 20.1. The van der Waals surface area contributed by atoms with Crippen molar-refractivity contribution in [3.8, 4) is 0 Å². The van der Waals surface area contributed by atoms with Crippen LogP contribution in [0.5, 0.6) is 0 Å². The average molecular weight is 641 g/mol. The number of carbonyl (C=O) groups is 1. The minimum atomic E-state index is 0.00906. The molecule has 5 aliphatic carbocycles. The summed E-state index contributed by atoms with van der Waals surface area (Å²) in [5, 5.41) is 0. The zero-order valence-electron chi connectivity index (χ0n) is 32.1. The van der Waals surface area contributed by atoms with E-state index in [9.17, 15) is 4.79 Å². The second-order valence-corrected chi connectivity index (χ2v) is 20.7. The third-order valence-corrected chi connectivity index (χ3v) is 17.0. The zero-order valence-corrected chi connectivity index (χ0v) is 32.1. The highest BCUT2D eigenvalue weighted by Crippen LogP contribution is 2.78. The number of hydrogen-bond acceptors (Lipinski definition) is 3. The minimum absolute atomic E-state index is 0.00906. The van der Waals surface area contributed by atoms with Gasteiger partial charge in [0.2, 0.25) is 0 Å². The molecule has 1 saturated heterocycles. The van der Waals surface area contributed by atoms with E-state index in [4.69, 9.17) is 9.47 Å². The molecule has 0 aromatic rings.